The molecule has 1 rings (SSSR count). The van der Waals surface area contributed by atoms with Crippen molar-refractivity contribution in [2.45, 2.75) is 44.1 Å². The molecule has 1 fully saturated rings. The van der Waals surface area contributed by atoms with E-state index in [4.69, 9.17) is 0 Å². The van der Waals surface area contributed by atoms with Crippen LogP contribution < -0.4 is 5.32 Å². The molecule has 1 N–H and O–H groups in total. The van der Waals surface area contributed by atoms with Crippen LogP contribution >= 0.6 is 15.9 Å². The molecule has 0 aromatic heterocycles. The first-order valence-electron chi connectivity index (χ1n) is 6.11. The van der Waals surface area contributed by atoms with Gasteiger partial charge < -0.3 is 10.2 Å². The molecule has 0 aromatic carbocycles. The summed E-state index contributed by atoms with van der Waals surface area (Å²) in [5.74, 6) is 0.156. The molecule has 0 aliphatic heterocycles. The third-order valence-corrected chi connectivity index (χ3v) is 4.07. The minimum absolute atomic E-state index is 0.156. The highest BCUT2D eigenvalue weighted by Crippen LogP contribution is 2.31. The van der Waals surface area contributed by atoms with Crippen molar-refractivity contribution in [3.8, 4) is 0 Å². The maximum atomic E-state index is 11.5. The van der Waals surface area contributed by atoms with Crippen molar-refractivity contribution in [1.29, 1.82) is 0 Å². The van der Waals surface area contributed by atoms with Crippen LogP contribution in [0.15, 0.2) is 0 Å². The average Bonchev–Trinajstić information content (AvgIpc) is 2.28. The predicted molar refractivity (Wildman–Crippen MR) is 70.9 cm³/mol. The monoisotopic (exact) mass is 290 g/mol. The fourth-order valence-corrected chi connectivity index (χ4v) is 2.79. The summed E-state index contributed by atoms with van der Waals surface area (Å²) < 4.78 is 0. The van der Waals surface area contributed by atoms with Gasteiger partial charge in [0.05, 0.1) is 0 Å². The van der Waals surface area contributed by atoms with Crippen LogP contribution in [0.1, 0.15) is 38.5 Å². The van der Waals surface area contributed by atoms with Gasteiger partial charge in [0.15, 0.2) is 0 Å². The van der Waals surface area contributed by atoms with Gasteiger partial charge in [-0.1, -0.05) is 35.2 Å². The number of nitrogens with one attached hydrogen (secondary N) is 1. The molecule has 0 saturated heterocycles. The van der Waals surface area contributed by atoms with Crippen LogP contribution in [0.5, 0.6) is 0 Å². The zero-order chi connectivity index (χ0) is 12.0. The number of nitrogens with zero attached hydrogens (tertiary/aromatic N) is 1. The fraction of sp³-hybridized carbons (Fsp3) is 0.917. The third-order valence-electron chi connectivity index (χ3n) is 3.67. The van der Waals surface area contributed by atoms with Gasteiger partial charge in [0.25, 0.3) is 0 Å². The second kappa shape index (κ2) is 6.60. The molecule has 0 bridgehead atoms. The lowest BCUT2D eigenvalue weighted by Gasteiger charge is -2.43. The zero-order valence-electron chi connectivity index (χ0n) is 10.4. The van der Waals surface area contributed by atoms with Gasteiger partial charge >= 0.3 is 0 Å². The largest absolute Gasteiger partial charge is 0.354 e. The van der Waals surface area contributed by atoms with Gasteiger partial charge in [-0.2, -0.15) is 0 Å². The first-order valence-corrected chi connectivity index (χ1v) is 7.23. The molecular formula is C12H23BrN2O. The second-order valence-corrected chi connectivity index (χ2v) is 5.69. The minimum atomic E-state index is 0.156. The summed E-state index contributed by atoms with van der Waals surface area (Å²) in [5, 5.41) is 3.81. The Morgan fingerprint density at radius 1 is 1.31 bits per heavy atom. The number of alkyl halides is 1. The van der Waals surface area contributed by atoms with Crippen LogP contribution in [0, 0.1) is 0 Å². The second-order valence-electron chi connectivity index (χ2n) is 4.90. The zero-order valence-corrected chi connectivity index (χ0v) is 12.0. The highest BCUT2D eigenvalue weighted by molar-refractivity contribution is 9.09. The standard InChI is InChI=1S/C12H23BrN2O/c1-15(2)12(7-4-3-5-8-12)10-14-11(16)6-9-13/h3-10H2,1-2H3,(H,14,16). The maximum Gasteiger partial charge on any atom is 0.220 e. The van der Waals surface area contributed by atoms with Gasteiger partial charge in [-0.3, -0.25) is 4.79 Å². The van der Waals surface area contributed by atoms with E-state index in [1.165, 1.54) is 32.1 Å². The summed E-state index contributed by atoms with van der Waals surface area (Å²) in [6.45, 7) is 0.797. The van der Waals surface area contributed by atoms with Gasteiger partial charge in [-0.05, 0) is 26.9 Å². The quantitative estimate of drug-likeness (QED) is 0.787. The Bertz CT molecular complexity index is 225. The number of likely N-dealkylation sites (N-methyl/N-ethyl adjacent to an activating group) is 1. The molecule has 1 aliphatic rings. The Labute approximate surface area is 107 Å². The molecule has 1 saturated carbocycles. The summed E-state index contributed by atoms with van der Waals surface area (Å²) in [6, 6.07) is 0. The molecule has 0 atom stereocenters. The Kier molecular flexibility index (Phi) is 5.76. The highest BCUT2D eigenvalue weighted by atomic mass is 79.9. The smallest absolute Gasteiger partial charge is 0.220 e. The molecule has 94 valence electrons. The summed E-state index contributed by atoms with van der Waals surface area (Å²) >= 11 is 3.29. The first kappa shape index (κ1) is 14.0. The minimum Gasteiger partial charge on any atom is -0.354 e. The lowest BCUT2D eigenvalue weighted by molar-refractivity contribution is -0.121. The van der Waals surface area contributed by atoms with Gasteiger partial charge in [0, 0.05) is 23.8 Å². The van der Waals surface area contributed by atoms with E-state index in [0.29, 0.717) is 6.42 Å². The molecule has 3 nitrogen and oxygen atoms in total. The van der Waals surface area contributed by atoms with E-state index in [1.807, 2.05) is 0 Å². The Hall–Kier alpha value is -0.0900. The summed E-state index contributed by atoms with van der Waals surface area (Å²) in [5.41, 5.74) is 0.195. The van der Waals surface area contributed by atoms with Crippen molar-refractivity contribution in [2.24, 2.45) is 0 Å². The topological polar surface area (TPSA) is 32.3 Å². The van der Waals surface area contributed by atoms with Crippen molar-refractivity contribution >= 4 is 21.8 Å². The van der Waals surface area contributed by atoms with Crippen molar-refractivity contribution in [3.63, 3.8) is 0 Å². The van der Waals surface area contributed by atoms with Crippen LogP contribution in [-0.4, -0.2) is 42.3 Å². The van der Waals surface area contributed by atoms with Crippen molar-refractivity contribution in [3.05, 3.63) is 0 Å². The van der Waals surface area contributed by atoms with E-state index in [1.54, 1.807) is 0 Å². The van der Waals surface area contributed by atoms with E-state index in [-0.39, 0.29) is 11.4 Å². The molecule has 0 unspecified atom stereocenters. The van der Waals surface area contributed by atoms with Crippen LogP contribution in [-0.2, 0) is 4.79 Å². The van der Waals surface area contributed by atoms with E-state index in [2.05, 4.69) is 40.2 Å². The summed E-state index contributed by atoms with van der Waals surface area (Å²) in [4.78, 5) is 13.8. The maximum absolute atomic E-state index is 11.5. The lowest BCUT2D eigenvalue weighted by atomic mass is 9.80. The number of carbonyl (C=O) groups is 1. The normalized spacial score (nSPS) is 19.8. The van der Waals surface area contributed by atoms with Gasteiger partial charge in [-0.25, -0.2) is 0 Å². The van der Waals surface area contributed by atoms with E-state index < -0.39 is 0 Å². The predicted octanol–water partition coefficient (Wildman–Crippen LogP) is 2.15. The number of rotatable bonds is 5. The molecule has 1 amide bonds. The number of hydrogen-bond acceptors (Lipinski definition) is 2. The van der Waals surface area contributed by atoms with Gasteiger partial charge in [-0.15, -0.1) is 0 Å². The Morgan fingerprint density at radius 2 is 1.94 bits per heavy atom. The number of carbonyl (C=O) groups excluding carboxylic acids is 1. The molecule has 16 heavy (non-hydrogen) atoms. The van der Waals surface area contributed by atoms with E-state index >= 15 is 0 Å². The number of halogens is 1. The average molecular weight is 291 g/mol. The van der Waals surface area contributed by atoms with E-state index in [0.717, 1.165) is 11.9 Å². The Balaban J connectivity index is 2.47. The van der Waals surface area contributed by atoms with Crippen LogP contribution in [0.4, 0.5) is 0 Å². The molecule has 1 aliphatic carbocycles. The van der Waals surface area contributed by atoms with E-state index in [9.17, 15) is 4.79 Å². The van der Waals surface area contributed by atoms with Gasteiger partial charge in [0.2, 0.25) is 5.91 Å². The van der Waals surface area contributed by atoms with Gasteiger partial charge in [0.1, 0.15) is 0 Å². The number of amides is 1. The summed E-state index contributed by atoms with van der Waals surface area (Å²) in [6.07, 6.45) is 6.89. The van der Waals surface area contributed by atoms with Crippen molar-refractivity contribution in [1.82, 2.24) is 10.2 Å². The van der Waals surface area contributed by atoms with Crippen molar-refractivity contribution < 1.29 is 4.79 Å². The SMILES string of the molecule is CN(C)C1(CNC(=O)CCBr)CCCCC1. The number of hydrogen-bond donors (Lipinski definition) is 1. The van der Waals surface area contributed by atoms with Crippen LogP contribution in [0.3, 0.4) is 0 Å². The fourth-order valence-electron chi connectivity index (χ4n) is 2.43. The first-order chi connectivity index (χ1) is 7.60. The van der Waals surface area contributed by atoms with Crippen LogP contribution in [0.25, 0.3) is 0 Å². The molecule has 4 heteroatoms. The molecular weight excluding hydrogens is 268 g/mol. The van der Waals surface area contributed by atoms with Crippen LogP contribution in [0.2, 0.25) is 0 Å². The summed E-state index contributed by atoms with van der Waals surface area (Å²) in [7, 11) is 4.25. The molecule has 0 radical (unpaired) electrons. The molecule has 0 aromatic rings. The lowest BCUT2D eigenvalue weighted by Crippen LogP contribution is -2.53. The Morgan fingerprint density at radius 3 is 2.44 bits per heavy atom. The highest BCUT2D eigenvalue weighted by Gasteiger charge is 2.34. The third kappa shape index (κ3) is 3.74. The molecule has 0 spiro atoms. The van der Waals surface area contributed by atoms with Crippen molar-refractivity contribution in [2.75, 3.05) is 26.0 Å². The molecule has 0 heterocycles.